The Labute approximate surface area is 130 Å². The number of nitrogens with one attached hydrogen (secondary N) is 4. The minimum absolute atomic E-state index is 0. The topological polar surface area (TPSA) is 298 Å². The molecular weight excluding hydrogens is 365 g/mol. The molecule has 0 fully saturated rings. The van der Waals surface area contributed by atoms with Crippen molar-refractivity contribution in [2.24, 2.45) is 0 Å². The van der Waals surface area contributed by atoms with Crippen molar-refractivity contribution in [3.8, 4) is 6.01 Å². The Bertz CT molecular complexity index is 708. The molecule has 0 atom stereocenters. The fraction of sp³-hybridized carbons (Fsp3) is 0. The van der Waals surface area contributed by atoms with Crippen LogP contribution in [0, 0.1) is 0 Å². The number of hydrogen-bond acceptors (Lipinski definition) is 7. The molecule has 0 spiro atoms. The van der Waals surface area contributed by atoms with Crippen LogP contribution in [-0.2, 0) is 35.9 Å². The Kier molecular flexibility index (Phi) is 15.2. The summed E-state index contributed by atoms with van der Waals surface area (Å²) in [7, 11) is 0. The van der Waals surface area contributed by atoms with Gasteiger partial charge in [-0.2, -0.15) is 4.98 Å². The molecule has 22 heavy (non-hydrogen) atoms. The first-order chi connectivity index (χ1) is 8.36. The average molecular weight is 379 g/mol. The van der Waals surface area contributed by atoms with Crippen LogP contribution in [0.5, 0.6) is 6.01 Å². The molecule has 2 heterocycles. The van der Waals surface area contributed by atoms with Gasteiger partial charge in [0.25, 0.3) is 0 Å². The summed E-state index contributed by atoms with van der Waals surface area (Å²) < 4.78 is 0. The van der Waals surface area contributed by atoms with Gasteiger partial charge in [0.05, 0.1) is 6.01 Å². The van der Waals surface area contributed by atoms with Crippen LogP contribution in [0.2, 0.25) is 0 Å². The standard InChI is InChI=1S/2C3H3N3O3.3H2O.Zn/c2*7-1-4-2(8)6-3(9)5-1;;;;/h2*(H3,4,5,6,7,8,9);3*1H2;/q;;;;;+2/p+1. The maximum absolute atomic E-state index is 10.2. The SMILES string of the molecule is O=c1[n-]c(=O)[nH]c(=O)[nH]1.O=c1nc([O-])[nH]c(=O)[nH]1.[OH3+].[OH3+].[OH3+].[Zn+2]. The first kappa shape index (κ1) is 27.6. The normalized spacial score (nSPS) is 7.64. The van der Waals surface area contributed by atoms with E-state index in [9.17, 15) is 29.1 Å². The molecule has 120 valence electrons. The Morgan fingerprint density at radius 2 is 1.18 bits per heavy atom. The average Bonchev–Trinajstić information content (AvgIpc) is 2.12. The molecule has 0 saturated heterocycles. The van der Waals surface area contributed by atoms with Gasteiger partial charge in [0, 0.05) is 0 Å². The molecule has 16 heteroatoms. The second-order valence-electron chi connectivity index (χ2n) is 2.60. The second-order valence-corrected chi connectivity index (χ2v) is 2.60. The van der Waals surface area contributed by atoms with E-state index in [0.29, 0.717) is 0 Å². The summed E-state index contributed by atoms with van der Waals surface area (Å²) in [6.07, 6.45) is 0. The summed E-state index contributed by atoms with van der Waals surface area (Å²) in [4.78, 5) is 63.3. The molecule has 15 nitrogen and oxygen atoms in total. The zero-order valence-electron chi connectivity index (χ0n) is 10.8. The Hall–Kier alpha value is -2.68. The molecule has 0 aromatic carbocycles. The van der Waals surface area contributed by atoms with Gasteiger partial charge < -0.3 is 36.5 Å². The summed E-state index contributed by atoms with van der Waals surface area (Å²) in [5.41, 5.74) is -4.45. The van der Waals surface area contributed by atoms with Crippen molar-refractivity contribution in [1.82, 2.24) is 29.9 Å². The van der Waals surface area contributed by atoms with Crippen LogP contribution in [-0.4, -0.2) is 24.9 Å². The number of aromatic nitrogens is 6. The van der Waals surface area contributed by atoms with Gasteiger partial charge in [-0.25, -0.2) is 9.59 Å². The maximum atomic E-state index is 10.2. The minimum atomic E-state index is -0.927. The fourth-order valence-corrected chi connectivity index (χ4v) is 0.747. The first-order valence-electron chi connectivity index (χ1n) is 4.12. The smallest absolute Gasteiger partial charge is 0.846 e. The fourth-order valence-electron chi connectivity index (χ4n) is 0.747. The largest absolute Gasteiger partial charge is 2.00 e. The van der Waals surface area contributed by atoms with E-state index in [4.69, 9.17) is 0 Å². The summed E-state index contributed by atoms with van der Waals surface area (Å²) in [6.45, 7) is 0. The Morgan fingerprint density at radius 1 is 0.773 bits per heavy atom. The molecule has 0 aliphatic heterocycles. The van der Waals surface area contributed by atoms with E-state index in [0.717, 1.165) is 0 Å². The molecule has 2 aromatic heterocycles. The second kappa shape index (κ2) is 12.1. The number of nitrogens with zero attached hydrogens (tertiary/aromatic N) is 2. The zero-order valence-corrected chi connectivity index (χ0v) is 13.8. The monoisotopic (exact) mass is 377 g/mol. The molecule has 2 rings (SSSR count). The molecule has 0 unspecified atom stereocenters. The summed E-state index contributed by atoms with van der Waals surface area (Å²) >= 11 is 0. The van der Waals surface area contributed by atoms with E-state index >= 15 is 0 Å². The van der Waals surface area contributed by atoms with Crippen molar-refractivity contribution < 1.29 is 41.0 Å². The van der Waals surface area contributed by atoms with Crippen molar-refractivity contribution in [3.05, 3.63) is 52.4 Å². The van der Waals surface area contributed by atoms with E-state index in [1.165, 1.54) is 0 Å². The van der Waals surface area contributed by atoms with Crippen molar-refractivity contribution in [2.75, 3.05) is 0 Å². The van der Waals surface area contributed by atoms with Crippen molar-refractivity contribution in [3.63, 3.8) is 0 Å². The van der Waals surface area contributed by atoms with Crippen LogP contribution in [0.15, 0.2) is 24.0 Å². The van der Waals surface area contributed by atoms with Crippen LogP contribution < -0.4 is 38.5 Å². The summed E-state index contributed by atoms with van der Waals surface area (Å²) in [5, 5.41) is 10.1. The Balaban J connectivity index is -0.000000125. The van der Waals surface area contributed by atoms with Crippen molar-refractivity contribution >= 4 is 0 Å². The predicted octanol–water partition coefficient (Wildman–Crippen LogP) is -7.86. The molecule has 0 radical (unpaired) electrons. The van der Waals surface area contributed by atoms with Gasteiger partial charge in [0.2, 0.25) is 17.1 Å². The third-order valence-corrected chi connectivity index (χ3v) is 1.29. The van der Waals surface area contributed by atoms with Gasteiger partial charge in [-0.05, 0) is 0 Å². The maximum Gasteiger partial charge on any atom is 2.00 e. The van der Waals surface area contributed by atoms with E-state index in [1.807, 2.05) is 0 Å². The van der Waals surface area contributed by atoms with Crippen LogP contribution in [0.3, 0.4) is 0 Å². The number of hydrogen-bond donors (Lipinski definition) is 4. The zero-order chi connectivity index (χ0) is 13.7. The van der Waals surface area contributed by atoms with Crippen LogP contribution in [0.1, 0.15) is 0 Å². The number of H-pyrrole nitrogens is 4. The van der Waals surface area contributed by atoms with Gasteiger partial charge in [-0.3, -0.25) is 24.4 Å². The molecule has 0 bridgehead atoms. The molecule has 2 aromatic rings. The minimum Gasteiger partial charge on any atom is -0.846 e. The summed E-state index contributed by atoms with van der Waals surface area (Å²) in [6, 6.07) is -0.927. The third kappa shape index (κ3) is 10.2. The molecule has 0 saturated carbocycles. The molecular formula is C6H13N6O9Zn+3. The van der Waals surface area contributed by atoms with Crippen LogP contribution >= 0.6 is 0 Å². The van der Waals surface area contributed by atoms with Crippen molar-refractivity contribution in [2.45, 2.75) is 0 Å². The van der Waals surface area contributed by atoms with Gasteiger partial charge in [-0.15, -0.1) is 0 Å². The van der Waals surface area contributed by atoms with Crippen molar-refractivity contribution in [1.29, 1.82) is 0 Å². The third-order valence-electron chi connectivity index (χ3n) is 1.29. The van der Waals surface area contributed by atoms with E-state index < -0.39 is 34.5 Å². The van der Waals surface area contributed by atoms with E-state index in [-0.39, 0.29) is 35.9 Å². The Morgan fingerprint density at radius 3 is 1.50 bits per heavy atom. The molecule has 0 amide bonds. The van der Waals surface area contributed by atoms with Gasteiger partial charge >= 0.3 is 30.9 Å². The molecule has 0 aliphatic rings. The van der Waals surface area contributed by atoms with Gasteiger partial charge in [0.15, 0.2) is 0 Å². The first-order valence-corrected chi connectivity index (χ1v) is 4.12. The molecule has 13 N–H and O–H groups in total. The van der Waals surface area contributed by atoms with E-state index in [2.05, 4.69) is 9.97 Å². The van der Waals surface area contributed by atoms with Crippen LogP contribution in [0.25, 0.3) is 0 Å². The summed E-state index contributed by atoms with van der Waals surface area (Å²) in [5.74, 6) is 0. The number of rotatable bonds is 0. The quantitative estimate of drug-likeness (QED) is 0.251. The van der Waals surface area contributed by atoms with Gasteiger partial charge in [0.1, 0.15) is 0 Å². The molecule has 0 aliphatic carbocycles. The van der Waals surface area contributed by atoms with Gasteiger partial charge in [-0.1, -0.05) is 0 Å². The van der Waals surface area contributed by atoms with Crippen LogP contribution in [0.4, 0.5) is 0 Å². The predicted molar refractivity (Wildman–Crippen MR) is 66.8 cm³/mol. The van der Waals surface area contributed by atoms with E-state index in [1.54, 1.807) is 19.9 Å². The number of aromatic amines is 4.